The number of imide groups is 1. The van der Waals surface area contributed by atoms with Crippen LogP contribution in [0.25, 0.3) is 22.1 Å². The lowest BCUT2D eigenvalue weighted by molar-refractivity contribution is -0.139. The lowest BCUT2D eigenvalue weighted by Crippen LogP contribution is -2.34. The van der Waals surface area contributed by atoms with E-state index in [-0.39, 0.29) is 117 Å². The van der Waals surface area contributed by atoms with Crippen LogP contribution in [0.4, 0.5) is 5.95 Å². The Morgan fingerprint density at radius 3 is 1.75 bits per heavy atom. The first-order valence-electron chi connectivity index (χ1n) is 29.1. The van der Waals surface area contributed by atoms with Gasteiger partial charge >= 0.3 is 0 Å². The van der Waals surface area contributed by atoms with Gasteiger partial charge in [-0.15, -0.1) is 0 Å². The predicted octanol–water partition coefficient (Wildman–Crippen LogP) is 3.44. The molecule has 6 aromatic rings. The van der Waals surface area contributed by atoms with E-state index in [9.17, 15) is 33.6 Å². The van der Waals surface area contributed by atoms with Crippen molar-refractivity contribution in [2.24, 2.45) is 11.5 Å². The fraction of sp³-hybridized carbons (Fsp3) is 0.508. The molecule has 7 rings (SSSR count). The number of aromatic nitrogens is 8. The molecule has 6 N–H and O–H groups in total. The molecule has 4 aromatic heterocycles. The maximum Gasteiger partial charge on any atom is 0.276 e. The summed E-state index contributed by atoms with van der Waals surface area (Å²) in [6.07, 6.45) is 6.12. The van der Waals surface area contributed by atoms with E-state index in [1.54, 1.807) is 39.1 Å². The monoisotopic (exact) mass is 1240 g/mol. The number of ketones is 1. The third-order valence-corrected chi connectivity index (χ3v) is 14.8. The number of aryl methyl sites for hydroxylation is 4. The number of ether oxygens (including phenoxy) is 8. The lowest BCUT2D eigenvalue weighted by Gasteiger charge is -2.14. The van der Waals surface area contributed by atoms with Crippen molar-refractivity contribution >= 4 is 81.0 Å². The van der Waals surface area contributed by atoms with Crippen molar-refractivity contribution in [1.29, 1.82) is 0 Å². The van der Waals surface area contributed by atoms with Crippen LogP contribution in [0.3, 0.4) is 0 Å². The lowest BCUT2D eigenvalue weighted by atomic mass is 10.1. The summed E-state index contributed by atoms with van der Waals surface area (Å²) in [7, 11) is 1.45. The number of allylic oxidation sites excluding steroid dienone is 2. The van der Waals surface area contributed by atoms with Crippen LogP contribution in [-0.4, -0.2) is 202 Å². The van der Waals surface area contributed by atoms with Crippen molar-refractivity contribution in [3.63, 3.8) is 0 Å². The molecule has 6 amide bonds. The summed E-state index contributed by atoms with van der Waals surface area (Å²) < 4.78 is 52.0. The number of hydrogen-bond donors (Lipinski definition) is 4. The summed E-state index contributed by atoms with van der Waals surface area (Å²) in [5.74, 6) is -1.54. The fourth-order valence-electron chi connectivity index (χ4n) is 9.57. The van der Waals surface area contributed by atoms with Crippen molar-refractivity contribution < 1.29 is 71.5 Å². The van der Waals surface area contributed by atoms with Gasteiger partial charge in [0.15, 0.2) is 5.78 Å². The van der Waals surface area contributed by atoms with Gasteiger partial charge in [-0.3, -0.25) is 53.1 Å². The smallest absolute Gasteiger partial charge is 0.276 e. The molecule has 0 bridgehead atoms. The molecule has 28 nitrogen and oxygen atoms in total. The van der Waals surface area contributed by atoms with Gasteiger partial charge in [0.25, 0.3) is 5.91 Å². The van der Waals surface area contributed by atoms with Gasteiger partial charge < -0.3 is 63.8 Å². The standard InChI is InChI=1S/C59H79N13O15S/c1-7-71-44(30-38(3)66-71)46(73)36-50-63-42-32-41(56(61)77)35-48(54(42)68(50)14-9-10-15-70-53-43(33-40(55(60)76)34-47(53)80-5)64-59(70)65-57(78)45-31-39(4)67-72(45)8-2)87-17-11-13-62-51(74)12-18-81-20-22-83-24-26-85-28-29-86-27-25-84-23-21-82-19-16-69-52(75)37-49(88-6)58(69)79/h9-10,30-35,49H,7-8,11-29,36-37H2,1-6H3,(H2,60,76)(H2,61,77)(H,62,74)(H,64,65,78)/b10-9+. The number of imidazole rings is 2. The molecule has 0 spiro atoms. The number of nitrogens with two attached hydrogens (primary N) is 2. The van der Waals surface area contributed by atoms with Crippen molar-refractivity contribution in [2.45, 2.75) is 84.8 Å². The quantitative estimate of drug-likeness (QED) is 0.0185. The predicted molar refractivity (Wildman–Crippen MR) is 325 cm³/mol. The second kappa shape index (κ2) is 33.9. The highest BCUT2D eigenvalue weighted by molar-refractivity contribution is 8.00. The van der Waals surface area contributed by atoms with Crippen molar-refractivity contribution in [3.8, 4) is 11.5 Å². The molecular weight excluding hydrogens is 1160 g/mol. The molecular formula is C59H79N13O15S. The van der Waals surface area contributed by atoms with E-state index < -0.39 is 17.7 Å². The number of nitrogens with zero attached hydrogens (tertiary/aromatic N) is 9. The van der Waals surface area contributed by atoms with E-state index in [4.69, 9.17) is 59.3 Å². The second-order valence-corrected chi connectivity index (χ2v) is 21.1. The molecule has 88 heavy (non-hydrogen) atoms. The number of benzene rings is 2. The third kappa shape index (κ3) is 18.5. The molecule has 1 unspecified atom stereocenters. The van der Waals surface area contributed by atoms with Crippen molar-refractivity contribution in [3.05, 3.63) is 88.3 Å². The number of anilines is 1. The molecule has 5 heterocycles. The molecule has 29 heteroatoms. The average Bonchev–Trinajstić information content (AvgIpc) is 1.78. The molecule has 476 valence electrons. The minimum absolute atomic E-state index is 0.121. The van der Waals surface area contributed by atoms with Crippen LogP contribution in [0, 0.1) is 13.8 Å². The summed E-state index contributed by atoms with van der Waals surface area (Å²) >= 11 is 1.38. The summed E-state index contributed by atoms with van der Waals surface area (Å²) in [5.41, 5.74) is 15.5. The third-order valence-electron chi connectivity index (χ3n) is 13.9. The zero-order valence-electron chi connectivity index (χ0n) is 50.7. The van der Waals surface area contributed by atoms with Gasteiger partial charge in [0.1, 0.15) is 39.7 Å². The van der Waals surface area contributed by atoms with Crippen molar-refractivity contribution in [2.75, 3.05) is 118 Å². The zero-order valence-corrected chi connectivity index (χ0v) is 51.5. The van der Waals surface area contributed by atoms with E-state index in [0.717, 1.165) is 0 Å². The molecule has 1 aliphatic rings. The number of carbonyl (C=O) groups is 7. The minimum atomic E-state index is -0.715. The van der Waals surface area contributed by atoms with Gasteiger partial charge in [-0.25, -0.2) is 9.97 Å². The van der Waals surface area contributed by atoms with Crippen LogP contribution in [0.1, 0.15) is 92.0 Å². The van der Waals surface area contributed by atoms with E-state index >= 15 is 0 Å². The Bertz CT molecular complexity index is 3430. The Kier molecular flexibility index (Phi) is 26.0. The van der Waals surface area contributed by atoms with Gasteiger partial charge in [-0.05, 0) is 76.8 Å². The molecule has 1 atom stereocenters. The SMILES string of the molecule is CCn1nc(C)cc1C(=O)Cc1nc2cc(C(N)=O)cc(OCCCNC(=O)CCOCCOCCOCCOCCOCCOCCN3C(=O)CC(SC)C3=O)c2n1C/C=C/Cn1c(NC(=O)c2cc(C)nn2CC)nc2cc(C(N)=O)cc(OC)c21. The number of nitrogens with one attached hydrogen (secondary N) is 2. The second-order valence-electron chi connectivity index (χ2n) is 20.1. The number of rotatable bonds is 41. The maximum absolute atomic E-state index is 14.1. The minimum Gasteiger partial charge on any atom is -0.494 e. The number of hydrogen-bond acceptors (Lipinski definition) is 20. The van der Waals surface area contributed by atoms with Crippen LogP contribution in [0.15, 0.2) is 48.6 Å². The Balaban J connectivity index is 0.876. The first-order valence-corrected chi connectivity index (χ1v) is 30.4. The highest BCUT2D eigenvalue weighted by Gasteiger charge is 2.37. The molecule has 1 fully saturated rings. The average molecular weight is 1240 g/mol. The summed E-state index contributed by atoms with van der Waals surface area (Å²) in [5, 5.41) is 14.4. The molecule has 2 aromatic carbocycles. The molecule has 1 aliphatic heterocycles. The number of primary amides is 2. The van der Waals surface area contributed by atoms with E-state index in [1.807, 2.05) is 43.7 Å². The Morgan fingerprint density at radius 2 is 1.19 bits per heavy atom. The van der Waals surface area contributed by atoms with Gasteiger partial charge in [-0.2, -0.15) is 22.0 Å². The summed E-state index contributed by atoms with van der Waals surface area (Å²) in [6, 6.07) is 9.50. The van der Waals surface area contributed by atoms with Crippen molar-refractivity contribution in [1.82, 2.24) is 48.9 Å². The van der Waals surface area contributed by atoms with Gasteiger partial charge in [0.05, 0.1) is 134 Å². The van der Waals surface area contributed by atoms with Gasteiger partial charge in [-0.1, -0.05) is 12.2 Å². The largest absolute Gasteiger partial charge is 0.494 e. The van der Waals surface area contributed by atoms with Gasteiger partial charge in [0.2, 0.25) is 35.5 Å². The first kappa shape index (κ1) is 67.4. The highest BCUT2D eigenvalue weighted by atomic mass is 32.2. The fourth-order valence-corrected chi connectivity index (χ4v) is 10.2. The van der Waals surface area contributed by atoms with Crippen LogP contribution in [0.5, 0.6) is 11.5 Å². The normalized spacial score (nSPS) is 13.4. The zero-order chi connectivity index (χ0) is 63.1. The molecule has 0 aliphatic carbocycles. The number of carbonyl (C=O) groups excluding carboxylic acids is 7. The number of amides is 6. The Hall–Kier alpha value is -8.06. The Labute approximate surface area is 513 Å². The van der Waals surface area contributed by atoms with Crippen LogP contribution < -0.4 is 31.6 Å². The number of methoxy groups -OCH3 is 1. The van der Waals surface area contributed by atoms with E-state index in [1.165, 1.54) is 42.0 Å². The topological polar surface area (TPSA) is 344 Å². The maximum atomic E-state index is 14.1. The highest BCUT2D eigenvalue weighted by Crippen LogP contribution is 2.33. The van der Waals surface area contributed by atoms with Crippen LogP contribution >= 0.6 is 11.8 Å². The number of likely N-dealkylation sites (tertiary alicyclic amines) is 1. The summed E-state index contributed by atoms with van der Waals surface area (Å²) in [6.45, 7) is 13.3. The first-order chi connectivity index (χ1) is 42.5. The molecule has 0 radical (unpaired) electrons. The van der Waals surface area contributed by atoms with Gasteiger partial charge in [0, 0.05) is 56.7 Å². The number of thioether (sulfide) groups is 1. The molecule has 0 saturated carbocycles. The van der Waals surface area contributed by atoms with Crippen LogP contribution in [-0.2, 0) is 75.4 Å². The number of Topliss-reactive ketones (excluding diaryl/α,β-unsaturated/α-hetero) is 1. The Morgan fingerprint density at radius 1 is 0.670 bits per heavy atom. The molecule has 1 saturated heterocycles. The number of fused-ring (bicyclic) bond motifs is 2. The van der Waals surface area contributed by atoms with E-state index in [2.05, 4.69) is 20.8 Å². The van der Waals surface area contributed by atoms with E-state index in [0.29, 0.717) is 142 Å². The van der Waals surface area contributed by atoms with Crippen LogP contribution in [0.2, 0.25) is 0 Å². The summed E-state index contributed by atoms with van der Waals surface area (Å²) in [4.78, 5) is 101.